The fourth-order valence-corrected chi connectivity index (χ4v) is 2.32. The van der Waals surface area contributed by atoms with E-state index in [0.717, 1.165) is 15.7 Å². The van der Waals surface area contributed by atoms with Crippen LogP contribution in [0.1, 0.15) is 11.1 Å². The van der Waals surface area contributed by atoms with Crippen molar-refractivity contribution in [2.24, 2.45) is 0 Å². The lowest BCUT2D eigenvalue weighted by molar-refractivity contribution is -0.137. The first-order valence-electron chi connectivity index (χ1n) is 6.49. The van der Waals surface area contributed by atoms with E-state index in [-0.39, 0.29) is 12.2 Å². The predicted octanol–water partition coefficient (Wildman–Crippen LogP) is 2.38. The molecule has 0 saturated carbocycles. The molecule has 0 aliphatic rings. The number of alkyl halides is 3. The number of nitrogens with zero attached hydrogens (tertiary/aromatic N) is 3. The van der Waals surface area contributed by atoms with Crippen molar-refractivity contribution in [1.82, 2.24) is 9.78 Å². The SMILES string of the molecule is N#Cc1ccc(NC(=O)[C@@H](O)Cn2cc(I)cn2)cc1C(F)(F)F. The van der Waals surface area contributed by atoms with Gasteiger partial charge in [-0.15, -0.1) is 0 Å². The molecule has 1 atom stereocenters. The average molecular weight is 450 g/mol. The van der Waals surface area contributed by atoms with Gasteiger partial charge in [0.1, 0.15) is 0 Å². The molecule has 0 saturated heterocycles. The molecular formula is C14H10F3IN4O2. The van der Waals surface area contributed by atoms with Crippen LogP contribution in [0.3, 0.4) is 0 Å². The van der Waals surface area contributed by atoms with Crippen LogP contribution in [0, 0.1) is 14.9 Å². The van der Waals surface area contributed by atoms with E-state index in [1.165, 1.54) is 16.9 Å². The molecule has 2 N–H and O–H groups in total. The topological polar surface area (TPSA) is 90.9 Å². The van der Waals surface area contributed by atoms with Gasteiger partial charge in [-0.1, -0.05) is 0 Å². The van der Waals surface area contributed by atoms with Crippen LogP contribution < -0.4 is 5.32 Å². The Morgan fingerprint density at radius 3 is 2.75 bits per heavy atom. The van der Waals surface area contributed by atoms with Crippen molar-refractivity contribution >= 4 is 34.2 Å². The molecule has 0 aliphatic carbocycles. The van der Waals surface area contributed by atoms with Crippen LogP contribution in [-0.2, 0) is 17.5 Å². The van der Waals surface area contributed by atoms with E-state index in [9.17, 15) is 23.1 Å². The highest BCUT2D eigenvalue weighted by molar-refractivity contribution is 14.1. The molecule has 2 aromatic rings. The molecule has 0 unspecified atom stereocenters. The maximum atomic E-state index is 12.9. The van der Waals surface area contributed by atoms with E-state index in [1.54, 1.807) is 6.20 Å². The molecule has 0 fully saturated rings. The van der Waals surface area contributed by atoms with Gasteiger partial charge in [0.25, 0.3) is 5.91 Å². The van der Waals surface area contributed by atoms with Gasteiger partial charge in [-0.05, 0) is 40.8 Å². The van der Waals surface area contributed by atoms with E-state index in [2.05, 4.69) is 10.4 Å². The van der Waals surface area contributed by atoms with E-state index in [1.807, 2.05) is 22.6 Å². The van der Waals surface area contributed by atoms with Crippen LogP contribution in [0.25, 0.3) is 0 Å². The van der Waals surface area contributed by atoms with Crippen molar-refractivity contribution in [2.75, 3.05) is 5.32 Å². The second kappa shape index (κ2) is 7.18. The fraction of sp³-hybridized carbons (Fsp3) is 0.214. The number of hydrogen-bond acceptors (Lipinski definition) is 4. The van der Waals surface area contributed by atoms with Gasteiger partial charge in [0, 0.05) is 11.9 Å². The summed E-state index contributed by atoms with van der Waals surface area (Å²) >= 11 is 2.00. The fourth-order valence-electron chi connectivity index (χ4n) is 1.88. The summed E-state index contributed by atoms with van der Waals surface area (Å²) in [6.07, 6.45) is -3.09. The van der Waals surface area contributed by atoms with Gasteiger partial charge < -0.3 is 10.4 Å². The highest BCUT2D eigenvalue weighted by Gasteiger charge is 2.34. The molecule has 1 aromatic carbocycles. The summed E-state index contributed by atoms with van der Waals surface area (Å²) < 4.78 is 40.8. The van der Waals surface area contributed by atoms with Crippen molar-refractivity contribution < 1.29 is 23.1 Å². The number of anilines is 1. The van der Waals surface area contributed by atoms with E-state index >= 15 is 0 Å². The first-order valence-corrected chi connectivity index (χ1v) is 7.57. The highest BCUT2D eigenvalue weighted by atomic mass is 127. The van der Waals surface area contributed by atoms with Crippen molar-refractivity contribution in [2.45, 2.75) is 18.8 Å². The molecule has 0 radical (unpaired) electrons. The summed E-state index contributed by atoms with van der Waals surface area (Å²) in [7, 11) is 0. The van der Waals surface area contributed by atoms with Crippen LogP contribution in [0.2, 0.25) is 0 Å². The number of amides is 1. The predicted molar refractivity (Wildman–Crippen MR) is 85.7 cm³/mol. The van der Waals surface area contributed by atoms with Gasteiger partial charge in [-0.25, -0.2) is 0 Å². The third kappa shape index (κ3) is 4.45. The Bertz CT molecular complexity index is 798. The van der Waals surface area contributed by atoms with Gasteiger partial charge in [0.05, 0.1) is 33.5 Å². The Morgan fingerprint density at radius 2 is 2.21 bits per heavy atom. The molecule has 1 amide bonds. The maximum absolute atomic E-state index is 12.9. The van der Waals surface area contributed by atoms with Crippen LogP contribution >= 0.6 is 22.6 Å². The summed E-state index contributed by atoms with van der Waals surface area (Å²) in [6.45, 7) is -0.142. The maximum Gasteiger partial charge on any atom is 0.417 e. The molecule has 0 aliphatic heterocycles. The smallest absolute Gasteiger partial charge is 0.381 e. The highest BCUT2D eigenvalue weighted by Crippen LogP contribution is 2.33. The van der Waals surface area contributed by atoms with Crippen LogP contribution in [0.15, 0.2) is 30.6 Å². The van der Waals surface area contributed by atoms with Crippen molar-refractivity contribution in [1.29, 1.82) is 5.26 Å². The summed E-state index contributed by atoms with van der Waals surface area (Å²) in [5.41, 5.74) is -1.87. The minimum Gasteiger partial charge on any atom is -0.381 e. The molecular weight excluding hydrogens is 440 g/mol. The van der Waals surface area contributed by atoms with Crippen molar-refractivity contribution in [3.8, 4) is 6.07 Å². The number of aromatic nitrogens is 2. The number of hydrogen-bond donors (Lipinski definition) is 2. The Labute approximate surface area is 148 Å². The molecule has 126 valence electrons. The standard InChI is InChI=1S/C14H10F3IN4O2/c15-14(16,17)11-3-10(2-1-8(11)4-19)21-13(24)12(23)7-22-6-9(18)5-20-22/h1-3,5-6,12,23H,7H2,(H,21,24)/t12-/m0/s1. The largest absolute Gasteiger partial charge is 0.417 e. The third-order valence-corrected chi connectivity index (χ3v) is 3.53. The second-order valence-electron chi connectivity index (χ2n) is 4.76. The Morgan fingerprint density at radius 1 is 1.50 bits per heavy atom. The monoisotopic (exact) mass is 450 g/mol. The Balaban J connectivity index is 2.12. The molecule has 10 heteroatoms. The summed E-state index contributed by atoms with van der Waals surface area (Å²) in [5.74, 6) is -0.877. The van der Waals surface area contributed by atoms with Crippen LogP contribution in [-0.4, -0.2) is 26.9 Å². The number of halogens is 4. The van der Waals surface area contributed by atoms with Crippen LogP contribution in [0.4, 0.5) is 18.9 Å². The van der Waals surface area contributed by atoms with Gasteiger partial charge in [0.2, 0.25) is 0 Å². The lowest BCUT2D eigenvalue weighted by Crippen LogP contribution is -2.31. The molecule has 6 nitrogen and oxygen atoms in total. The Hall–Kier alpha value is -2.13. The molecule has 2 rings (SSSR count). The zero-order chi connectivity index (χ0) is 17.9. The number of carbonyl (C=O) groups is 1. The number of carbonyl (C=O) groups excluding carboxylic acids is 1. The first kappa shape index (κ1) is 18.2. The molecule has 1 aromatic heterocycles. The molecule has 24 heavy (non-hydrogen) atoms. The van der Waals surface area contributed by atoms with Gasteiger partial charge >= 0.3 is 6.18 Å². The minimum absolute atomic E-state index is 0.142. The number of nitriles is 1. The van der Waals surface area contributed by atoms with Gasteiger partial charge in [-0.2, -0.15) is 23.5 Å². The van der Waals surface area contributed by atoms with Gasteiger partial charge in [0.15, 0.2) is 6.10 Å². The summed E-state index contributed by atoms with van der Waals surface area (Å²) in [4.78, 5) is 11.9. The number of aliphatic hydroxyl groups is 1. The van der Waals surface area contributed by atoms with Gasteiger partial charge in [-0.3, -0.25) is 9.48 Å². The zero-order valence-corrected chi connectivity index (χ0v) is 14.0. The minimum atomic E-state index is -4.73. The summed E-state index contributed by atoms with van der Waals surface area (Å²) in [5, 5.41) is 24.6. The van der Waals surface area contributed by atoms with Crippen molar-refractivity contribution in [3.05, 3.63) is 45.3 Å². The molecule has 0 bridgehead atoms. The number of nitrogens with one attached hydrogen (secondary N) is 1. The van der Waals surface area contributed by atoms with E-state index in [0.29, 0.717) is 6.07 Å². The number of benzene rings is 1. The number of rotatable bonds is 4. The lowest BCUT2D eigenvalue weighted by atomic mass is 10.1. The second-order valence-corrected chi connectivity index (χ2v) is 6.00. The lowest BCUT2D eigenvalue weighted by Gasteiger charge is -2.14. The molecule has 0 spiro atoms. The average Bonchev–Trinajstić information content (AvgIpc) is 2.91. The number of aliphatic hydroxyl groups excluding tert-OH is 1. The van der Waals surface area contributed by atoms with E-state index in [4.69, 9.17) is 5.26 Å². The quantitative estimate of drug-likeness (QED) is 0.701. The van der Waals surface area contributed by atoms with E-state index < -0.39 is 29.3 Å². The van der Waals surface area contributed by atoms with Crippen LogP contribution in [0.5, 0.6) is 0 Å². The Kier molecular flexibility index (Phi) is 5.45. The first-order chi connectivity index (χ1) is 11.2. The van der Waals surface area contributed by atoms with Crippen molar-refractivity contribution in [3.63, 3.8) is 0 Å². The normalized spacial score (nSPS) is 12.5. The third-order valence-electron chi connectivity index (χ3n) is 2.98. The molecule has 1 heterocycles. The zero-order valence-electron chi connectivity index (χ0n) is 11.9. The summed E-state index contributed by atoms with van der Waals surface area (Å²) in [6, 6.07) is 4.22.